The quantitative estimate of drug-likeness (QED) is 0.113. The number of rotatable bonds is 23. The van der Waals surface area contributed by atoms with Gasteiger partial charge in [-0.2, -0.15) is 0 Å². The molecule has 0 spiro atoms. The van der Waals surface area contributed by atoms with Crippen molar-refractivity contribution < 1.29 is 9.47 Å². The maximum Gasteiger partial charge on any atom is 0.110 e. The zero-order chi connectivity index (χ0) is 24.0. The van der Waals surface area contributed by atoms with Gasteiger partial charge in [0.25, 0.3) is 0 Å². The summed E-state index contributed by atoms with van der Waals surface area (Å²) < 4.78 is 12.1. The molecule has 3 nitrogen and oxygen atoms in total. The summed E-state index contributed by atoms with van der Waals surface area (Å²) in [6.45, 7) is 10.3. The molecule has 0 aromatic heterocycles. The van der Waals surface area contributed by atoms with Crippen molar-refractivity contribution in [2.24, 2.45) is 0 Å². The number of ether oxygens (including phenoxy) is 2. The Labute approximate surface area is 209 Å². The summed E-state index contributed by atoms with van der Waals surface area (Å²) in [6.07, 6.45) is 25.7. The number of hydrogen-bond acceptors (Lipinski definition) is 3. The maximum atomic E-state index is 6.33. The van der Waals surface area contributed by atoms with Gasteiger partial charge in [0.05, 0.1) is 12.7 Å². The van der Waals surface area contributed by atoms with Crippen molar-refractivity contribution in [3.8, 4) is 0 Å². The first-order chi connectivity index (χ1) is 16.2. The highest BCUT2D eigenvalue weighted by atomic mass is 16.5. The molecule has 2 unspecified atom stereocenters. The van der Waals surface area contributed by atoms with Crippen LogP contribution in [0, 0.1) is 0 Å². The minimum atomic E-state index is -0.173. The van der Waals surface area contributed by atoms with E-state index in [1.54, 1.807) is 0 Å². The third-order valence-corrected chi connectivity index (χ3v) is 7.21. The normalized spacial score (nSPS) is 19.5. The van der Waals surface area contributed by atoms with Crippen molar-refractivity contribution in [1.82, 2.24) is 4.90 Å². The van der Waals surface area contributed by atoms with Crippen LogP contribution in [0.2, 0.25) is 0 Å². The third-order valence-electron chi connectivity index (χ3n) is 7.21. The van der Waals surface area contributed by atoms with Crippen LogP contribution in [0.4, 0.5) is 0 Å². The molecule has 0 aliphatic carbocycles. The fourth-order valence-electron chi connectivity index (χ4n) is 5.14. The Hall–Kier alpha value is -0.0551. The summed E-state index contributed by atoms with van der Waals surface area (Å²) >= 11 is 0. The molecule has 0 amide bonds. The summed E-state index contributed by atoms with van der Waals surface area (Å²) in [4.78, 5) is 2.65. The van der Waals surface area contributed by atoms with Gasteiger partial charge in [-0.1, -0.05) is 124 Å². The predicted molar refractivity (Wildman–Crippen MR) is 145 cm³/mol. The average Bonchev–Trinajstić information content (AvgIpc) is 2.81. The third kappa shape index (κ3) is 17.1. The predicted octanol–water partition coefficient (Wildman–Crippen LogP) is 8.04. The number of morpholine rings is 1. The first-order valence-electron chi connectivity index (χ1n) is 14.9. The van der Waals surface area contributed by atoms with E-state index in [9.17, 15) is 0 Å². The standard InChI is InChI=1S/C29H58BNO2/c1-4-7-10-13-14-17-20-23-32-26-28-24-31(25-29(30)33-28)27(21-18-15-11-8-5-2)22-19-16-12-9-6-3/h27-29H,4-26H2,1-3H3. The van der Waals surface area contributed by atoms with Crippen LogP contribution >= 0.6 is 0 Å². The van der Waals surface area contributed by atoms with Gasteiger partial charge in [-0.05, 0) is 19.3 Å². The van der Waals surface area contributed by atoms with Crippen LogP contribution < -0.4 is 0 Å². The number of nitrogens with zero attached hydrogens (tertiary/aromatic N) is 1. The summed E-state index contributed by atoms with van der Waals surface area (Å²) in [6, 6.07) is 0.488. The Balaban J connectivity index is 2.35. The molecular weight excluding hydrogens is 405 g/mol. The van der Waals surface area contributed by atoms with Crippen LogP contribution in [0.25, 0.3) is 0 Å². The summed E-state index contributed by atoms with van der Waals surface area (Å²) in [5, 5.41) is 0. The topological polar surface area (TPSA) is 21.7 Å². The zero-order valence-corrected chi connectivity index (χ0v) is 22.8. The van der Waals surface area contributed by atoms with Gasteiger partial charge in [-0.15, -0.1) is 0 Å². The molecular formula is C29H58BNO2. The molecule has 4 heteroatoms. The van der Waals surface area contributed by atoms with Crippen molar-refractivity contribution in [2.75, 3.05) is 26.3 Å². The largest absolute Gasteiger partial charge is 0.380 e. The smallest absolute Gasteiger partial charge is 0.110 e. The average molecular weight is 464 g/mol. The van der Waals surface area contributed by atoms with Crippen LogP contribution in [0.3, 0.4) is 0 Å². The van der Waals surface area contributed by atoms with E-state index in [1.165, 1.54) is 122 Å². The van der Waals surface area contributed by atoms with Crippen molar-refractivity contribution >= 4 is 7.85 Å². The van der Waals surface area contributed by atoms with Crippen molar-refractivity contribution in [3.63, 3.8) is 0 Å². The fraction of sp³-hybridized carbons (Fsp3) is 1.00. The molecule has 33 heavy (non-hydrogen) atoms. The van der Waals surface area contributed by atoms with E-state index in [1.807, 2.05) is 0 Å². The Morgan fingerprint density at radius 1 is 0.697 bits per heavy atom. The lowest BCUT2D eigenvalue weighted by Gasteiger charge is -2.41. The molecule has 0 bridgehead atoms. The van der Waals surface area contributed by atoms with Gasteiger partial charge >= 0.3 is 0 Å². The molecule has 0 saturated carbocycles. The molecule has 1 aliphatic heterocycles. The van der Waals surface area contributed by atoms with Gasteiger partial charge in [0.2, 0.25) is 0 Å². The molecule has 194 valence electrons. The van der Waals surface area contributed by atoms with Crippen molar-refractivity contribution in [2.45, 2.75) is 161 Å². The SMILES string of the molecule is [B]C1CN(C(CCCCCCC)CCCCCCC)CC(COCCCCCCCCC)O1. The summed E-state index contributed by atoms with van der Waals surface area (Å²) in [5.41, 5.74) is 0. The monoisotopic (exact) mass is 463 g/mol. The van der Waals surface area contributed by atoms with E-state index < -0.39 is 0 Å². The fourth-order valence-corrected chi connectivity index (χ4v) is 5.14. The van der Waals surface area contributed by atoms with Crippen LogP contribution in [-0.2, 0) is 9.47 Å². The minimum absolute atomic E-state index is 0.126. The summed E-state index contributed by atoms with van der Waals surface area (Å²) in [7, 11) is 6.33. The maximum absolute atomic E-state index is 6.33. The molecule has 2 atom stereocenters. The van der Waals surface area contributed by atoms with Crippen molar-refractivity contribution in [1.29, 1.82) is 0 Å². The van der Waals surface area contributed by atoms with E-state index >= 15 is 0 Å². The van der Waals surface area contributed by atoms with Crippen LogP contribution in [-0.4, -0.2) is 57.2 Å². The second-order valence-corrected chi connectivity index (χ2v) is 10.5. The van der Waals surface area contributed by atoms with Gasteiger partial charge in [-0.25, -0.2) is 0 Å². The molecule has 1 heterocycles. The first kappa shape index (κ1) is 31.0. The number of unbranched alkanes of at least 4 members (excludes halogenated alkanes) is 14. The Morgan fingerprint density at radius 3 is 1.73 bits per heavy atom. The summed E-state index contributed by atoms with van der Waals surface area (Å²) in [5.74, 6) is 0. The lowest BCUT2D eigenvalue weighted by Crippen LogP contribution is -2.53. The second kappa shape index (κ2) is 22.4. The van der Waals surface area contributed by atoms with Crippen LogP contribution in [0.1, 0.15) is 143 Å². The molecule has 0 aromatic carbocycles. The van der Waals surface area contributed by atoms with Crippen molar-refractivity contribution in [3.05, 3.63) is 0 Å². The van der Waals surface area contributed by atoms with E-state index in [0.717, 1.165) is 19.7 Å². The molecule has 1 aliphatic rings. The highest BCUT2D eigenvalue weighted by molar-refractivity contribution is 6.11. The molecule has 1 saturated heterocycles. The Kier molecular flexibility index (Phi) is 21.0. The van der Waals surface area contributed by atoms with E-state index in [2.05, 4.69) is 25.7 Å². The van der Waals surface area contributed by atoms with Gasteiger partial charge < -0.3 is 9.47 Å². The minimum Gasteiger partial charge on any atom is -0.380 e. The molecule has 2 radical (unpaired) electrons. The molecule has 0 N–H and O–H groups in total. The van der Waals surface area contributed by atoms with E-state index in [0.29, 0.717) is 12.6 Å². The van der Waals surface area contributed by atoms with Crippen LogP contribution in [0.15, 0.2) is 0 Å². The molecule has 1 rings (SSSR count). The lowest BCUT2D eigenvalue weighted by atomic mass is 9.93. The van der Waals surface area contributed by atoms with Gasteiger partial charge in [0.1, 0.15) is 7.85 Å². The van der Waals surface area contributed by atoms with E-state index in [-0.39, 0.29) is 12.1 Å². The molecule has 1 fully saturated rings. The molecule has 0 aromatic rings. The van der Waals surface area contributed by atoms with Gasteiger partial charge in [0.15, 0.2) is 0 Å². The Morgan fingerprint density at radius 2 is 1.18 bits per heavy atom. The van der Waals surface area contributed by atoms with E-state index in [4.69, 9.17) is 17.3 Å². The lowest BCUT2D eigenvalue weighted by molar-refractivity contribution is -0.0965. The van der Waals surface area contributed by atoms with Gasteiger partial charge in [0, 0.05) is 31.7 Å². The first-order valence-corrected chi connectivity index (χ1v) is 14.9. The van der Waals surface area contributed by atoms with Crippen LogP contribution in [0.5, 0.6) is 0 Å². The highest BCUT2D eigenvalue weighted by Gasteiger charge is 2.29. The highest BCUT2D eigenvalue weighted by Crippen LogP contribution is 2.22. The zero-order valence-electron chi connectivity index (χ0n) is 22.8. The second-order valence-electron chi connectivity index (χ2n) is 10.5. The van der Waals surface area contributed by atoms with Gasteiger partial charge in [-0.3, -0.25) is 4.90 Å². The number of hydrogen-bond donors (Lipinski definition) is 0. The Bertz CT molecular complexity index is 395.